The molecule has 0 aliphatic carbocycles. The number of benzene rings is 2. The van der Waals surface area contributed by atoms with E-state index in [1.165, 1.54) is 25.4 Å². The molecular weight excluding hydrogens is 418 g/mol. The van der Waals surface area contributed by atoms with Crippen LogP contribution >= 0.6 is 23.6 Å². The molecule has 2 aromatic carbocycles. The largest absolute Gasteiger partial charge is 0.465 e. The van der Waals surface area contributed by atoms with E-state index in [-0.39, 0.29) is 5.91 Å². The van der Waals surface area contributed by atoms with Gasteiger partial charge in [-0.1, -0.05) is 30.3 Å². The highest BCUT2D eigenvalue weighted by atomic mass is 32.1. The van der Waals surface area contributed by atoms with Crippen LogP contribution in [0.4, 0.5) is 16.4 Å². The van der Waals surface area contributed by atoms with Gasteiger partial charge in [0.25, 0.3) is 0 Å². The number of carbonyl (C=O) groups is 2. The molecular formula is C22H21N3O3S2. The Morgan fingerprint density at radius 1 is 1.03 bits per heavy atom. The second-order valence-corrected chi connectivity index (χ2v) is 7.88. The number of ether oxygens (including phenoxy) is 1. The third-order valence-electron chi connectivity index (χ3n) is 4.41. The number of rotatable bonds is 5. The Morgan fingerprint density at radius 2 is 1.70 bits per heavy atom. The number of thiocarbonyl (C=S) groups is 1. The Kier molecular flexibility index (Phi) is 6.81. The summed E-state index contributed by atoms with van der Waals surface area (Å²) in [6.07, 6.45) is 0. The van der Waals surface area contributed by atoms with Crippen LogP contribution in [0.15, 0.2) is 60.7 Å². The minimum atomic E-state index is -0.435. The number of carbonyl (C=O) groups excluding carboxylic acids is 2. The quantitative estimate of drug-likeness (QED) is 0.431. The summed E-state index contributed by atoms with van der Waals surface area (Å²) in [5.74, 6) is -0.481. The van der Waals surface area contributed by atoms with Crippen LogP contribution in [-0.4, -0.2) is 31.1 Å². The van der Waals surface area contributed by atoms with Crippen LogP contribution < -0.4 is 15.5 Å². The van der Waals surface area contributed by atoms with Gasteiger partial charge in [-0.2, -0.15) is 0 Å². The highest BCUT2D eigenvalue weighted by Gasteiger charge is 2.18. The van der Waals surface area contributed by atoms with E-state index in [0.717, 1.165) is 21.8 Å². The predicted molar refractivity (Wildman–Crippen MR) is 126 cm³/mol. The third kappa shape index (κ3) is 5.03. The van der Waals surface area contributed by atoms with Crippen molar-refractivity contribution < 1.29 is 14.3 Å². The second-order valence-electron chi connectivity index (χ2n) is 6.42. The molecule has 0 spiro atoms. The number of methoxy groups -OCH3 is 1. The average Bonchev–Trinajstić information content (AvgIpc) is 3.17. The van der Waals surface area contributed by atoms with Crippen molar-refractivity contribution in [3.63, 3.8) is 0 Å². The fourth-order valence-electron chi connectivity index (χ4n) is 2.71. The summed E-state index contributed by atoms with van der Waals surface area (Å²) in [7, 11) is 3.06. The SMILES string of the molecule is COC(=O)c1cc(-c2ccccc2)sc1NC(=S)Nc1ccc(N(C)C(C)=O)cc1. The Balaban J connectivity index is 1.76. The molecule has 1 amide bonds. The predicted octanol–water partition coefficient (Wildman–Crippen LogP) is 4.99. The molecule has 3 rings (SSSR count). The maximum atomic E-state index is 12.2. The highest BCUT2D eigenvalue weighted by Crippen LogP contribution is 2.36. The maximum Gasteiger partial charge on any atom is 0.340 e. The highest BCUT2D eigenvalue weighted by molar-refractivity contribution is 7.80. The molecule has 6 nitrogen and oxygen atoms in total. The van der Waals surface area contributed by atoms with E-state index in [9.17, 15) is 9.59 Å². The summed E-state index contributed by atoms with van der Waals surface area (Å²) in [4.78, 5) is 26.2. The zero-order chi connectivity index (χ0) is 21.7. The van der Waals surface area contributed by atoms with Crippen LogP contribution in [0.2, 0.25) is 0 Å². The number of thiophene rings is 1. The van der Waals surface area contributed by atoms with Gasteiger partial charge in [-0.3, -0.25) is 4.79 Å². The van der Waals surface area contributed by atoms with Gasteiger partial charge in [-0.15, -0.1) is 11.3 Å². The minimum absolute atomic E-state index is 0.0462. The van der Waals surface area contributed by atoms with E-state index in [4.69, 9.17) is 17.0 Å². The van der Waals surface area contributed by atoms with Crippen LogP contribution in [-0.2, 0) is 9.53 Å². The van der Waals surface area contributed by atoms with Crippen molar-refractivity contribution in [2.45, 2.75) is 6.92 Å². The molecule has 154 valence electrons. The van der Waals surface area contributed by atoms with Crippen LogP contribution in [0.3, 0.4) is 0 Å². The molecule has 30 heavy (non-hydrogen) atoms. The lowest BCUT2D eigenvalue weighted by atomic mass is 10.1. The number of nitrogens with zero attached hydrogens (tertiary/aromatic N) is 1. The van der Waals surface area contributed by atoms with Gasteiger partial charge < -0.3 is 20.3 Å². The second kappa shape index (κ2) is 9.51. The monoisotopic (exact) mass is 439 g/mol. The van der Waals surface area contributed by atoms with Gasteiger partial charge in [-0.25, -0.2) is 4.79 Å². The van der Waals surface area contributed by atoms with Gasteiger partial charge in [0.2, 0.25) is 5.91 Å². The first-order valence-electron chi connectivity index (χ1n) is 9.09. The number of amides is 1. The van der Waals surface area contributed by atoms with Crippen molar-refractivity contribution in [3.8, 4) is 10.4 Å². The van der Waals surface area contributed by atoms with E-state index in [0.29, 0.717) is 15.7 Å². The normalized spacial score (nSPS) is 10.2. The fourth-order valence-corrected chi connectivity index (χ4v) is 4.05. The molecule has 0 saturated heterocycles. The van der Waals surface area contributed by atoms with Gasteiger partial charge in [0.1, 0.15) is 5.00 Å². The molecule has 8 heteroatoms. The molecule has 0 aliphatic heterocycles. The molecule has 0 unspecified atom stereocenters. The standard InChI is InChI=1S/C22H21N3O3S2/c1-14(26)25(2)17-11-9-16(10-12-17)23-22(29)24-20-18(21(27)28-3)13-19(30-20)15-7-5-4-6-8-15/h4-13H,1-3H3,(H2,23,24,29). The number of anilines is 3. The average molecular weight is 440 g/mol. The lowest BCUT2D eigenvalue weighted by molar-refractivity contribution is -0.116. The first-order chi connectivity index (χ1) is 14.4. The molecule has 1 heterocycles. The van der Waals surface area contributed by atoms with Gasteiger partial charge in [0.05, 0.1) is 12.7 Å². The van der Waals surface area contributed by atoms with E-state index >= 15 is 0 Å². The summed E-state index contributed by atoms with van der Waals surface area (Å²) in [5.41, 5.74) is 2.96. The molecule has 0 bridgehead atoms. The Labute approximate surface area is 184 Å². The van der Waals surface area contributed by atoms with Crippen molar-refractivity contribution in [3.05, 3.63) is 66.2 Å². The molecule has 2 N–H and O–H groups in total. The van der Waals surface area contributed by atoms with Crippen LogP contribution in [0, 0.1) is 0 Å². The van der Waals surface area contributed by atoms with E-state index in [1.54, 1.807) is 18.0 Å². The molecule has 0 radical (unpaired) electrons. The zero-order valence-electron chi connectivity index (χ0n) is 16.8. The smallest absolute Gasteiger partial charge is 0.340 e. The van der Waals surface area contributed by atoms with Gasteiger partial charge in [0, 0.05) is 30.2 Å². The number of nitrogens with one attached hydrogen (secondary N) is 2. The summed E-state index contributed by atoms with van der Waals surface area (Å²) < 4.78 is 4.91. The van der Waals surface area contributed by atoms with Crippen molar-refractivity contribution in [2.75, 3.05) is 29.7 Å². The van der Waals surface area contributed by atoms with Crippen molar-refractivity contribution in [1.29, 1.82) is 0 Å². The lowest BCUT2D eigenvalue weighted by Crippen LogP contribution is -2.23. The zero-order valence-corrected chi connectivity index (χ0v) is 18.4. The lowest BCUT2D eigenvalue weighted by Gasteiger charge is -2.16. The van der Waals surface area contributed by atoms with Crippen LogP contribution in [0.25, 0.3) is 10.4 Å². The third-order valence-corrected chi connectivity index (χ3v) is 5.71. The summed E-state index contributed by atoms with van der Waals surface area (Å²) >= 11 is 6.84. The minimum Gasteiger partial charge on any atom is -0.465 e. The maximum absolute atomic E-state index is 12.2. The van der Waals surface area contributed by atoms with E-state index in [2.05, 4.69) is 10.6 Å². The first-order valence-corrected chi connectivity index (χ1v) is 10.3. The summed E-state index contributed by atoms with van der Waals surface area (Å²) in [5, 5.41) is 7.13. The van der Waals surface area contributed by atoms with Crippen LogP contribution in [0.1, 0.15) is 17.3 Å². The molecule has 1 aromatic heterocycles. The van der Waals surface area contributed by atoms with Crippen molar-refractivity contribution in [2.24, 2.45) is 0 Å². The summed E-state index contributed by atoms with van der Waals surface area (Å²) in [6, 6.07) is 18.9. The number of esters is 1. The molecule has 0 fully saturated rings. The first kappa shape index (κ1) is 21.5. The topological polar surface area (TPSA) is 70.7 Å². The van der Waals surface area contributed by atoms with E-state index < -0.39 is 5.97 Å². The molecule has 0 aliphatic rings. The van der Waals surface area contributed by atoms with Gasteiger partial charge in [-0.05, 0) is 48.1 Å². The number of hydrogen-bond donors (Lipinski definition) is 2. The fraction of sp³-hybridized carbons (Fsp3) is 0.136. The Morgan fingerprint density at radius 3 is 2.30 bits per heavy atom. The molecule has 3 aromatic rings. The van der Waals surface area contributed by atoms with Gasteiger partial charge >= 0.3 is 5.97 Å². The molecule has 0 atom stereocenters. The van der Waals surface area contributed by atoms with Gasteiger partial charge in [0.15, 0.2) is 5.11 Å². The molecule has 0 saturated carbocycles. The van der Waals surface area contributed by atoms with Crippen LogP contribution in [0.5, 0.6) is 0 Å². The summed E-state index contributed by atoms with van der Waals surface area (Å²) in [6.45, 7) is 1.51. The van der Waals surface area contributed by atoms with Crippen molar-refractivity contribution >= 4 is 56.9 Å². The Hall–Kier alpha value is -3.23. The number of hydrogen-bond acceptors (Lipinski definition) is 5. The van der Waals surface area contributed by atoms with E-state index in [1.807, 2.05) is 54.6 Å². The Bertz CT molecular complexity index is 1060. The van der Waals surface area contributed by atoms with Crippen molar-refractivity contribution in [1.82, 2.24) is 0 Å².